The van der Waals surface area contributed by atoms with Gasteiger partial charge in [-0.1, -0.05) is 30.2 Å². The number of ether oxygens (including phenoxy) is 1. The van der Waals surface area contributed by atoms with Crippen molar-refractivity contribution in [1.82, 2.24) is 20.2 Å². The van der Waals surface area contributed by atoms with Crippen molar-refractivity contribution in [2.75, 3.05) is 43.4 Å². The topological polar surface area (TPSA) is 91.4 Å². The summed E-state index contributed by atoms with van der Waals surface area (Å²) < 4.78 is 5.94. The zero-order valence-electron chi connectivity index (χ0n) is 22.2. The van der Waals surface area contributed by atoms with Crippen LogP contribution in [0.1, 0.15) is 25.3 Å². The van der Waals surface area contributed by atoms with Crippen LogP contribution in [0.25, 0.3) is 11.3 Å². The first kappa shape index (κ1) is 26.3. The van der Waals surface area contributed by atoms with Gasteiger partial charge in [-0.05, 0) is 73.6 Å². The molecule has 2 aliphatic rings. The molecule has 0 radical (unpaired) electrons. The lowest BCUT2D eigenvalue weighted by Crippen LogP contribution is -2.28. The molecule has 39 heavy (non-hydrogen) atoms. The second kappa shape index (κ2) is 12.9. The Morgan fingerprint density at radius 3 is 3.08 bits per heavy atom. The van der Waals surface area contributed by atoms with E-state index in [1.54, 1.807) is 13.1 Å². The molecule has 200 valence electrons. The van der Waals surface area contributed by atoms with Crippen LogP contribution in [0.15, 0.2) is 66.9 Å². The highest BCUT2D eigenvalue weighted by atomic mass is 16.5. The number of anilines is 3. The molecule has 8 nitrogen and oxygen atoms in total. The summed E-state index contributed by atoms with van der Waals surface area (Å²) in [6, 6.07) is 16.2. The summed E-state index contributed by atoms with van der Waals surface area (Å²) in [6.45, 7) is 6.08. The van der Waals surface area contributed by atoms with Crippen molar-refractivity contribution < 1.29 is 9.53 Å². The Balaban J connectivity index is 1.35. The van der Waals surface area contributed by atoms with E-state index in [-0.39, 0.29) is 5.91 Å². The number of nitrogens with zero attached hydrogens (tertiary/aromatic N) is 3. The number of amides is 1. The fourth-order valence-electron chi connectivity index (χ4n) is 4.80. The minimum absolute atomic E-state index is 0.0823. The molecule has 1 amide bonds. The van der Waals surface area contributed by atoms with Gasteiger partial charge in [-0.15, -0.1) is 0 Å². The second-order valence-electron chi connectivity index (χ2n) is 9.74. The second-order valence-corrected chi connectivity index (χ2v) is 9.74. The van der Waals surface area contributed by atoms with Gasteiger partial charge in [0.15, 0.2) is 0 Å². The summed E-state index contributed by atoms with van der Waals surface area (Å²) in [7, 11) is 0. The molecule has 1 saturated heterocycles. The van der Waals surface area contributed by atoms with Crippen LogP contribution in [0.5, 0.6) is 5.75 Å². The Labute approximate surface area is 229 Å². The number of hydrogen-bond donors (Lipinski definition) is 3. The number of carbonyl (C=O) groups is 1. The number of likely N-dealkylation sites (tertiary alicyclic amines) is 1. The molecule has 3 aromatic rings. The third kappa shape index (κ3) is 7.37. The Morgan fingerprint density at radius 2 is 2.15 bits per heavy atom. The van der Waals surface area contributed by atoms with Crippen LogP contribution in [0.4, 0.5) is 17.3 Å². The summed E-state index contributed by atoms with van der Waals surface area (Å²) in [5.74, 6) is 7.01. The van der Waals surface area contributed by atoms with Crippen LogP contribution in [-0.2, 0) is 11.3 Å². The molecular formula is C31H34N6O2. The van der Waals surface area contributed by atoms with E-state index >= 15 is 0 Å². The van der Waals surface area contributed by atoms with E-state index in [1.165, 1.54) is 0 Å². The average Bonchev–Trinajstić information content (AvgIpc) is 3.43. The van der Waals surface area contributed by atoms with Crippen molar-refractivity contribution in [3.63, 3.8) is 0 Å². The first-order valence-electron chi connectivity index (χ1n) is 13.4. The smallest absolute Gasteiger partial charge is 0.298 e. The molecule has 1 fully saturated rings. The number of hydrogen-bond acceptors (Lipinski definition) is 7. The van der Waals surface area contributed by atoms with E-state index in [4.69, 9.17) is 9.72 Å². The number of nitrogens with one attached hydrogen (secondary N) is 3. The fraction of sp³-hybridized carbons (Fsp3) is 0.323. The van der Waals surface area contributed by atoms with Gasteiger partial charge in [0.1, 0.15) is 5.75 Å². The maximum Gasteiger partial charge on any atom is 0.298 e. The maximum atomic E-state index is 12.1. The Bertz CT molecular complexity index is 1390. The summed E-state index contributed by atoms with van der Waals surface area (Å²) in [5, 5.41) is 10.5. The molecule has 3 heterocycles. The van der Waals surface area contributed by atoms with E-state index in [0.29, 0.717) is 18.5 Å². The number of rotatable bonds is 3. The normalized spacial score (nSPS) is 17.9. The predicted molar refractivity (Wildman–Crippen MR) is 155 cm³/mol. The lowest BCUT2D eigenvalue weighted by molar-refractivity contribution is -0.124. The zero-order valence-corrected chi connectivity index (χ0v) is 22.2. The van der Waals surface area contributed by atoms with Crippen LogP contribution < -0.4 is 20.7 Å². The number of carbonyl (C=O) groups excluding carboxylic acids is 1. The van der Waals surface area contributed by atoms with Crippen molar-refractivity contribution in [3.8, 4) is 28.8 Å². The highest BCUT2D eigenvalue weighted by Gasteiger charge is 2.25. The molecule has 6 bridgehead atoms. The first-order chi connectivity index (χ1) is 19.2. The quantitative estimate of drug-likeness (QED) is 0.342. The first-order valence-corrected chi connectivity index (χ1v) is 13.4. The summed E-state index contributed by atoms with van der Waals surface area (Å²) >= 11 is 0. The molecule has 1 atom stereocenters. The molecule has 0 aliphatic carbocycles. The standard InChI is InChI=1S/C31H34N6O2/c1-2-7-30(38)37-14-11-23(22-37)21-34-26-16-24-17-27(19-26)35-31-33-13-10-29(36-31)25-8-6-9-28(18-25)39-15-5-3-4-12-32-20-24/h3-4,6,8-10,13,16-19,23,32,34H,5,11-12,14-15,20-22H2,1H3,(H,33,35,36)/b4-3+. The van der Waals surface area contributed by atoms with Gasteiger partial charge in [-0.3, -0.25) is 4.79 Å². The van der Waals surface area contributed by atoms with Crippen molar-refractivity contribution >= 4 is 23.2 Å². The monoisotopic (exact) mass is 522 g/mol. The molecule has 5 rings (SSSR count). The highest BCUT2D eigenvalue weighted by Crippen LogP contribution is 2.26. The van der Waals surface area contributed by atoms with Gasteiger partial charge in [-0.25, -0.2) is 9.97 Å². The summed E-state index contributed by atoms with van der Waals surface area (Å²) in [4.78, 5) is 23.2. The Hall–Kier alpha value is -4.35. The van der Waals surface area contributed by atoms with E-state index in [2.05, 4.69) is 63.1 Å². The Kier molecular flexibility index (Phi) is 8.71. The molecule has 1 unspecified atom stereocenters. The third-order valence-corrected chi connectivity index (χ3v) is 6.75. The average molecular weight is 523 g/mol. The van der Waals surface area contributed by atoms with Crippen LogP contribution in [0, 0.1) is 17.8 Å². The molecular weight excluding hydrogens is 488 g/mol. The molecule has 0 saturated carbocycles. The van der Waals surface area contributed by atoms with Gasteiger partial charge in [-0.2, -0.15) is 0 Å². The lowest BCUT2D eigenvalue weighted by atomic mass is 10.1. The minimum Gasteiger partial charge on any atom is -0.493 e. The van der Waals surface area contributed by atoms with Gasteiger partial charge in [0.2, 0.25) is 5.95 Å². The van der Waals surface area contributed by atoms with Gasteiger partial charge >= 0.3 is 0 Å². The maximum absolute atomic E-state index is 12.1. The van der Waals surface area contributed by atoms with Crippen LogP contribution >= 0.6 is 0 Å². The molecule has 0 spiro atoms. The van der Waals surface area contributed by atoms with Crippen LogP contribution in [-0.4, -0.2) is 53.6 Å². The van der Waals surface area contributed by atoms with E-state index < -0.39 is 0 Å². The summed E-state index contributed by atoms with van der Waals surface area (Å²) in [6.07, 6.45) is 7.85. The van der Waals surface area contributed by atoms with Crippen LogP contribution in [0.3, 0.4) is 0 Å². The molecule has 3 N–H and O–H groups in total. The largest absolute Gasteiger partial charge is 0.493 e. The molecule has 2 aliphatic heterocycles. The zero-order chi connectivity index (χ0) is 26.9. The van der Waals surface area contributed by atoms with E-state index in [0.717, 1.165) is 79.5 Å². The fourth-order valence-corrected chi connectivity index (χ4v) is 4.80. The van der Waals surface area contributed by atoms with E-state index in [9.17, 15) is 4.79 Å². The molecule has 1 aromatic heterocycles. The molecule has 8 heteroatoms. The SMILES string of the molecule is CC#CC(=O)N1CCC(CNc2cc3cc(c2)Nc2nccc(n2)-c2cccc(c2)OCC/C=C/CNC3)C1. The van der Waals surface area contributed by atoms with Gasteiger partial charge in [0.05, 0.1) is 12.3 Å². The van der Waals surface area contributed by atoms with Gasteiger partial charge in [0, 0.05) is 55.9 Å². The van der Waals surface area contributed by atoms with Crippen LogP contribution in [0.2, 0.25) is 0 Å². The predicted octanol–water partition coefficient (Wildman–Crippen LogP) is 4.60. The Morgan fingerprint density at radius 1 is 1.21 bits per heavy atom. The van der Waals surface area contributed by atoms with E-state index in [1.807, 2.05) is 35.2 Å². The summed E-state index contributed by atoms with van der Waals surface area (Å²) in [5.41, 5.74) is 4.86. The van der Waals surface area contributed by atoms with Crippen molar-refractivity contribution in [3.05, 3.63) is 72.4 Å². The van der Waals surface area contributed by atoms with Crippen molar-refractivity contribution in [2.24, 2.45) is 5.92 Å². The van der Waals surface area contributed by atoms with Gasteiger partial charge in [0.25, 0.3) is 5.91 Å². The number of benzene rings is 2. The number of aromatic nitrogens is 2. The third-order valence-electron chi connectivity index (χ3n) is 6.75. The highest BCUT2D eigenvalue weighted by molar-refractivity contribution is 5.93. The van der Waals surface area contributed by atoms with Crippen molar-refractivity contribution in [1.29, 1.82) is 0 Å². The number of fused-ring (bicyclic) bond motifs is 7. The van der Waals surface area contributed by atoms with Gasteiger partial charge < -0.3 is 25.6 Å². The lowest BCUT2D eigenvalue weighted by Gasteiger charge is -2.16. The minimum atomic E-state index is -0.0823. The van der Waals surface area contributed by atoms with Crippen molar-refractivity contribution in [2.45, 2.75) is 26.3 Å². The molecule has 2 aromatic carbocycles.